The maximum absolute atomic E-state index is 14.8. The van der Waals surface area contributed by atoms with Crippen LogP contribution in [0.4, 0.5) is 14.9 Å². The van der Waals surface area contributed by atoms with Crippen molar-refractivity contribution in [1.29, 1.82) is 0 Å². The molecule has 1 aromatic rings. The number of carbonyl (C=O) groups is 2. The molecule has 4 atom stereocenters. The van der Waals surface area contributed by atoms with Gasteiger partial charge in [-0.2, -0.15) is 0 Å². The number of hydrogen-bond acceptors (Lipinski definition) is 5. The second kappa shape index (κ2) is 6.76. The largest absolute Gasteiger partial charge is 0.442 e. The molecule has 0 spiro atoms. The maximum atomic E-state index is 14.8. The quantitative estimate of drug-likeness (QED) is 0.842. The van der Waals surface area contributed by atoms with Crippen LogP contribution >= 0.6 is 0 Å². The summed E-state index contributed by atoms with van der Waals surface area (Å²) >= 11 is 0. The van der Waals surface area contributed by atoms with Gasteiger partial charge >= 0.3 is 6.09 Å². The molecule has 0 aromatic heterocycles. The van der Waals surface area contributed by atoms with Crippen molar-refractivity contribution in [1.82, 2.24) is 15.3 Å². The van der Waals surface area contributed by atoms with Gasteiger partial charge in [-0.3, -0.25) is 9.69 Å². The van der Waals surface area contributed by atoms with E-state index in [-0.39, 0.29) is 24.2 Å². The Morgan fingerprint density at radius 1 is 1.30 bits per heavy atom. The topological polar surface area (TPSA) is 65.1 Å². The van der Waals surface area contributed by atoms with Crippen molar-refractivity contribution < 1.29 is 18.7 Å². The zero-order chi connectivity index (χ0) is 19.3. The molecular formula is C19H25FN4O3. The van der Waals surface area contributed by atoms with E-state index in [9.17, 15) is 14.0 Å². The molecule has 0 bridgehead atoms. The van der Waals surface area contributed by atoms with Crippen molar-refractivity contribution in [2.24, 2.45) is 11.8 Å². The Hall–Kier alpha value is -2.19. The lowest BCUT2D eigenvalue weighted by molar-refractivity contribution is -0.119. The van der Waals surface area contributed by atoms with Gasteiger partial charge in [0.2, 0.25) is 5.91 Å². The lowest BCUT2D eigenvalue weighted by Gasteiger charge is -2.26. The number of nitrogens with one attached hydrogen (secondary N) is 1. The van der Waals surface area contributed by atoms with Crippen LogP contribution in [0.1, 0.15) is 18.4 Å². The first-order chi connectivity index (χ1) is 12.8. The van der Waals surface area contributed by atoms with E-state index in [1.54, 1.807) is 6.07 Å². The smallest absolute Gasteiger partial charge is 0.414 e. The van der Waals surface area contributed by atoms with Gasteiger partial charge in [-0.05, 0) is 35.4 Å². The molecule has 2 amide bonds. The average Bonchev–Trinajstić information content (AvgIpc) is 2.95. The van der Waals surface area contributed by atoms with Gasteiger partial charge in [-0.15, -0.1) is 0 Å². The van der Waals surface area contributed by atoms with E-state index in [1.807, 2.05) is 20.2 Å². The monoisotopic (exact) mass is 376 g/mol. The van der Waals surface area contributed by atoms with Gasteiger partial charge in [-0.25, -0.2) is 19.2 Å². The standard InChI is InChI=1S/C19H25FN4O3/c1-11(25)21-7-13-8-24(19(26)27-13)12-4-5-14(17(20)6-12)18-15-9-23(22(2)3)10-16(15)18/h4-6,13,15-16,18H,7-10H2,1-3H3,(H,21,25)/t13-,15-,16+,18?/m0/s1. The predicted molar refractivity (Wildman–Crippen MR) is 97.7 cm³/mol. The summed E-state index contributed by atoms with van der Waals surface area (Å²) in [6.45, 7) is 3.89. The Kier molecular flexibility index (Phi) is 4.55. The van der Waals surface area contributed by atoms with E-state index in [4.69, 9.17) is 4.74 Å². The van der Waals surface area contributed by atoms with Crippen molar-refractivity contribution >= 4 is 17.7 Å². The summed E-state index contributed by atoms with van der Waals surface area (Å²) in [6, 6.07) is 5.02. The number of hydrazine groups is 1. The Morgan fingerprint density at radius 2 is 2.00 bits per heavy atom. The SMILES string of the molecule is CC(=O)NC[C@H]1CN(c2ccc(C3[C@H]4CN(N(C)C)C[C@@H]34)c(F)c2)C(=O)O1. The number of piperidine rings is 1. The van der Waals surface area contributed by atoms with Crippen LogP contribution < -0.4 is 10.2 Å². The summed E-state index contributed by atoms with van der Waals surface area (Å²) < 4.78 is 20.0. The van der Waals surface area contributed by atoms with Gasteiger partial charge in [0.05, 0.1) is 18.8 Å². The molecule has 1 saturated carbocycles. The molecule has 1 aliphatic carbocycles. The van der Waals surface area contributed by atoms with E-state index < -0.39 is 12.2 Å². The summed E-state index contributed by atoms with van der Waals surface area (Å²) in [6.07, 6.45) is -0.939. The predicted octanol–water partition coefficient (Wildman–Crippen LogP) is 1.41. The molecule has 2 heterocycles. The molecule has 2 saturated heterocycles. The number of ether oxygens (including phenoxy) is 1. The molecule has 2 aliphatic heterocycles. The van der Waals surface area contributed by atoms with Gasteiger partial charge in [0, 0.05) is 34.1 Å². The molecule has 27 heavy (non-hydrogen) atoms. The van der Waals surface area contributed by atoms with Crippen molar-refractivity contribution in [2.45, 2.75) is 18.9 Å². The number of carbonyl (C=O) groups excluding carboxylic acids is 2. The summed E-state index contributed by atoms with van der Waals surface area (Å²) in [5, 5.41) is 7.01. The van der Waals surface area contributed by atoms with E-state index in [1.165, 1.54) is 17.9 Å². The van der Waals surface area contributed by atoms with Gasteiger partial charge in [0.15, 0.2) is 0 Å². The maximum Gasteiger partial charge on any atom is 0.414 e. The fourth-order valence-corrected chi connectivity index (χ4v) is 4.34. The highest BCUT2D eigenvalue weighted by molar-refractivity contribution is 5.89. The molecule has 3 aliphatic rings. The molecule has 3 fully saturated rings. The summed E-state index contributed by atoms with van der Waals surface area (Å²) in [7, 11) is 4.06. The molecular weight excluding hydrogens is 351 g/mol. The molecule has 1 aromatic carbocycles. The Bertz CT molecular complexity index is 759. The average molecular weight is 376 g/mol. The van der Waals surface area contributed by atoms with Crippen molar-refractivity contribution in [2.75, 3.05) is 45.2 Å². The highest BCUT2D eigenvalue weighted by Gasteiger charge is 2.57. The number of hydrogen-bond donors (Lipinski definition) is 1. The lowest BCUT2D eigenvalue weighted by atomic mass is 10.1. The summed E-state index contributed by atoms with van der Waals surface area (Å²) in [4.78, 5) is 24.5. The van der Waals surface area contributed by atoms with E-state index in [0.29, 0.717) is 24.1 Å². The van der Waals surface area contributed by atoms with Gasteiger partial charge in [-0.1, -0.05) is 6.07 Å². The highest BCUT2D eigenvalue weighted by Crippen LogP contribution is 2.58. The molecule has 1 N–H and O–H groups in total. The van der Waals surface area contributed by atoms with E-state index in [2.05, 4.69) is 15.3 Å². The minimum atomic E-state index is -0.512. The van der Waals surface area contributed by atoms with Gasteiger partial charge in [0.25, 0.3) is 0 Å². The number of benzene rings is 1. The number of nitrogens with zero attached hydrogens (tertiary/aromatic N) is 3. The molecule has 7 nitrogen and oxygen atoms in total. The van der Waals surface area contributed by atoms with Crippen LogP contribution in [0.25, 0.3) is 0 Å². The Labute approximate surface area is 158 Å². The molecule has 1 unspecified atom stereocenters. The van der Waals surface area contributed by atoms with Crippen molar-refractivity contribution in [3.63, 3.8) is 0 Å². The van der Waals surface area contributed by atoms with Crippen LogP contribution in [-0.2, 0) is 9.53 Å². The van der Waals surface area contributed by atoms with Crippen LogP contribution in [0, 0.1) is 17.7 Å². The summed E-state index contributed by atoms with van der Waals surface area (Å²) in [5.41, 5.74) is 1.24. The number of halogens is 1. The minimum Gasteiger partial charge on any atom is -0.442 e. The first-order valence-corrected chi connectivity index (χ1v) is 9.29. The second-order valence-electron chi connectivity index (χ2n) is 7.83. The zero-order valence-electron chi connectivity index (χ0n) is 15.8. The molecule has 8 heteroatoms. The number of rotatable bonds is 5. The van der Waals surface area contributed by atoms with Crippen molar-refractivity contribution in [3.05, 3.63) is 29.6 Å². The molecule has 4 rings (SSSR count). The zero-order valence-corrected chi connectivity index (χ0v) is 15.8. The van der Waals surface area contributed by atoms with Crippen LogP contribution in [0.5, 0.6) is 0 Å². The third-order valence-corrected chi connectivity index (χ3v) is 5.85. The van der Waals surface area contributed by atoms with Crippen LogP contribution in [0.15, 0.2) is 18.2 Å². The third kappa shape index (κ3) is 3.39. The number of anilines is 1. The number of cyclic esters (lactones) is 1. The van der Waals surface area contributed by atoms with Gasteiger partial charge < -0.3 is 10.1 Å². The first kappa shape index (κ1) is 18.2. The Balaban J connectivity index is 1.41. The number of fused-ring (bicyclic) bond motifs is 1. The van der Waals surface area contributed by atoms with Gasteiger partial charge in [0.1, 0.15) is 11.9 Å². The minimum absolute atomic E-state index is 0.178. The molecule has 0 radical (unpaired) electrons. The van der Waals surface area contributed by atoms with Crippen LogP contribution in [0.2, 0.25) is 0 Å². The normalized spacial score (nSPS) is 29.8. The Morgan fingerprint density at radius 3 is 2.59 bits per heavy atom. The highest BCUT2D eigenvalue weighted by atomic mass is 19.1. The van der Waals surface area contributed by atoms with Crippen LogP contribution in [-0.4, -0.2) is 68.4 Å². The van der Waals surface area contributed by atoms with Crippen LogP contribution in [0.3, 0.4) is 0 Å². The number of amides is 2. The lowest BCUT2D eigenvalue weighted by Crippen LogP contribution is -2.36. The molecule has 146 valence electrons. The fraction of sp³-hybridized carbons (Fsp3) is 0.579. The third-order valence-electron chi connectivity index (χ3n) is 5.85. The summed E-state index contributed by atoms with van der Waals surface area (Å²) in [5.74, 6) is 0.843. The fourth-order valence-electron chi connectivity index (χ4n) is 4.34. The first-order valence-electron chi connectivity index (χ1n) is 9.29. The van der Waals surface area contributed by atoms with Crippen molar-refractivity contribution in [3.8, 4) is 0 Å². The second-order valence-corrected chi connectivity index (χ2v) is 7.83. The van der Waals surface area contributed by atoms with E-state index in [0.717, 1.165) is 18.7 Å². The van der Waals surface area contributed by atoms with E-state index >= 15 is 0 Å².